The molecule has 2 N–H and O–H groups in total. The van der Waals surface area contributed by atoms with Crippen molar-refractivity contribution in [2.45, 2.75) is 31.2 Å². The van der Waals surface area contributed by atoms with Gasteiger partial charge in [-0.15, -0.1) is 0 Å². The lowest BCUT2D eigenvalue weighted by Crippen LogP contribution is -2.51. The molecule has 10 heteroatoms. The highest BCUT2D eigenvalue weighted by Crippen LogP contribution is 2.49. The monoisotopic (exact) mass is 468 g/mol. The summed E-state index contributed by atoms with van der Waals surface area (Å²) in [6.45, 7) is 1.84. The molecule has 8 nitrogen and oxygen atoms in total. The van der Waals surface area contributed by atoms with Gasteiger partial charge in [-0.1, -0.05) is 11.6 Å². The predicted molar refractivity (Wildman–Crippen MR) is 122 cm³/mol. The van der Waals surface area contributed by atoms with Crippen molar-refractivity contribution < 1.29 is 14.2 Å². The summed E-state index contributed by atoms with van der Waals surface area (Å²) >= 11 is 6.41. The van der Waals surface area contributed by atoms with Crippen molar-refractivity contribution in [1.29, 1.82) is 5.26 Å². The Labute approximate surface area is 195 Å². The first-order valence-electron chi connectivity index (χ1n) is 10.8. The van der Waals surface area contributed by atoms with E-state index in [1.54, 1.807) is 6.20 Å². The molecule has 1 aliphatic heterocycles. The Balaban J connectivity index is 1.66. The van der Waals surface area contributed by atoms with Crippen LogP contribution in [0.2, 0.25) is 5.02 Å². The lowest BCUT2D eigenvalue weighted by Gasteiger charge is -2.34. The quantitative estimate of drug-likeness (QED) is 0.582. The number of ether oxygens (including phenoxy) is 1. The van der Waals surface area contributed by atoms with Crippen molar-refractivity contribution >= 4 is 28.3 Å². The Hall–Kier alpha value is -3.22. The number of halogens is 2. The molecular formula is C23H22ClFN6O2. The average Bonchev–Trinajstić information content (AvgIpc) is 3.64. The number of fused-ring (bicyclic) bond motifs is 1. The number of nitrogens with one attached hydrogen (secondary N) is 1. The molecule has 2 aromatic heterocycles. The minimum Gasteiger partial charge on any atom is -0.508 e. The molecule has 5 rings (SSSR count). The summed E-state index contributed by atoms with van der Waals surface area (Å²) in [6, 6.07) is 5.18. The lowest BCUT2D eigenvalue weighted by molar-refractivity contribution is 0.380. The van der Waals surface area contributed by atoms with E-state index in [0.29, 0.717) is 47.8 Å². The van der Waals surface area contributed by atoms with Crippen LogP contribution in [0.25, 0.3) is 22.2 Å². The summed E-state index contributed by atoms with van der Waals surface area (Å²) in [5, 5.41) is 23.4. The average molecular weight is 469 g/mol. The van der Waals surface area contributed by atoms with Gasteiger partial charge in [-0.25, -0.2) is 4.39 Å². The van der Waals surface area contributed by atoms with E-state index in [9.17, 15) is 5.11 Å². The molecule has 33 heavy (non-hydrogen) atoms. The van der Waals surface area contributed by atoms with Gasteiger partial charge in [0.05, 0.1) is 25.0 Å². The zero-order valence-electron chi connectivity index (χ0n) is 18.0. The van der Waals surface area contributed by atoms with Crippen LogP contribution in [0, 0.1) is 17.1 Å². The number of hydrogen-bond donors (Lipinski definition) is 2. The minimum absolute atomic E-state index is 0.0209. The van der Waals surface area contributed by atoms with Gasteiger partial charge in [-0.2, -0.15) is 15.2 Å². The number of anilines is 1. The van der Waals surface area contributed by atoms with Crippen LogP contribution in [0.3, 0.4) is 0 Å². The summed E-state index contributed by atoms with van der Waals surface area (Å²) < 4.78 is 21.2. The fraction of sp³-hybridized carbons (Fsp3) is 0.391. The first-order valence-corrected chi connectivity index (χ1v) is 11.2. The molecule has 1 saturated carbocycles. The minimum atomic E-state index is -0.623. The molecule has 170 valence electrons. The molecule has 3 aromatic rings. The maximum absolute atomic E-state index is 15.9. The van der Waals surface area contributed by atoms with Gasteiger partial charge in [0.15, 0.2) is 5.82 Å². The van der Waals surface area contributed by atoms with Crippen molar-refractivity contribution in [3.05, 3.63) is 34.7 Å². The van der Waals surface area contributed by atoms with E-state index in [2.05, 4.69) is 26.3 Å². The molecule has 2 fully saturated rings. The first-order chi connectivity index (χ1) is 16.0. The zero-order valence-corrected chi connectivity index (χ0v) is 18.7. The third kappa shape index (κ3) is 4.01. The SMILES string of the molecule is COc1nc(N2CCN[C@@H](CC#N)C2)c2cnc(-c3cc(O)cc(Cl)c3C3CC3)c(F)c2n1. The summed E-state index contributed by atoms with van der Waals surface area (Å²) in [6.07, 6.45) is 3.83. The van der Waals surface area contributed by atoms with E-state index in [1.165, 1.54) is 19.2 Å². The number of hydrogen-bond acceptors (Lipinski definition) is 8. The molecule has 0 amide bonds. The van der Waals surface area contributed by atoms with E-state index in [0.717, 1.165) is 18.4 Å². The maximum Gasteiger partial charge on any atom is 0.318 e. The number of nitriles is 1. The summed E-state index contributed by atoms with van der Waals surface area (Å²) in [7, 11) is 1.43. The second kappa shape index (κ2) is 8.61. The van der Waals surface area contributed by atoms with Crippen LogP contribution in [0.15, 0.2) is 18.3 Å². The standard InChI is InChI=1S/C23H22ClFN6O2/c1-33-23-29-21-16(22(30-23)31-7-6-27-13(11-31)4-5-26)10-28-20(19(21)25)15-8-14(32)9-17(24)18(15)12-2-3-12/h8-10,12-13,27,32H,2-4,6-7,11H2,1H3/t13-/m0/s1. The van der Waals surface area contributed by atoms with Gasteiger partial charge in [0.2, 0.25) is 0 Å². The van der Waals surface area contributed by atoms with Crippen LogP contribution in [0.1, 0.15) is 30.7 Å². The number of methoxy groups -OCH3 is 1. The van der Waals surface area contributed by atoms with Crippen molar-refractivity contribution in [1.82, 2.24) is 20.3 Å². The highest BCUT2D eigenvalue weighted by Gasteiger charge is 2.31. The Morgan fingerprint density at radius 3 is 2.91 bits per heavy atom. The second-order valence-electron chi connectivity index (χ2n) is 8.34. The van der Waals surface area contributed by atoms with E-state index in [4.69, 9.17) is 21.6 Å². The van der Waals surface area contributed by atoms with Crippen LogP contribution < -0.4 is 15.0 Å². The number of rotatable bonds is 5. The lowest BCUT2D eigenvalue weighted by atomic mass is 9.98. The molecule has 2 aliphatic rings. The van der Waals surface area contributed by atoms with Crippen LogP contribution in [0.5, 0.6) is 11.8 Å². The Morgan fingerprint density at radius 2 is 2.18 bits per heavy atom. The molecule has 0 bridgehead atoms. The highest BCUT2D eigenvalue weighted by atomic mass is 35.5. The van der Waals surface area contributed by atoms with Gasteiger partial charge < -0.3 is 20.1 Å². The molecule has 3 heterocycles. The molecule has 1 aliphatic carbocycles. The fourth-order valence-electron chi connectivity index (χ4n) is 4.39. The Kier molecular flexibility index (Phi) is 5.64. The molecule has 1 atom stereocenters. The number of phenolic OH excluding ortho intramolecular Hbond substituents is 1. The number of aromatic hydroxyl groups is 1. The molecule has 0 radical (unpaired) electrons. The number of pyridine rings is 1. The van der Waals surface area contributed by atoms with Crippen molar-refractivity contribution in [3.8, 4) is 29.1 Å². The first kappa shape index (κ1) is 21.6. The smallest absolute Gasteiger partial charge is 0.318 e. The summed E-state index contributed by atoms with van der Waals surface area (Å²) in [5.41, 5.74) is 1.43. The van der Waals surface area contributed by atoms with Gasteiger partial charge in [-0.3, -0.25) is 4.98 Å². The second-order valence-corrected chi connectivity index (χ2v) is 8.75. The van der Waals surface area contributed by atoms with Crippen LogP contribution in [-0.4, -0.2) is 52.8 Å². The van der Waals surface area contributed by atoms with E-state index < -0.39 is 5.82 Å². The summed E-state index contributed by atoms with van der Waals surface area (Å²) in [5.74, 6) is 0.0572. The van der Waals surface area contributed by atoms with Crippen LogP contribution in [0.4, 0.5) is 10.2 Å². The fourth-order valence-corrected chi connectivity index (χ4v) is 4.76. The maximum atomic E-state index is 15.9. The van der Waals surface area contributed by atoms with Crippen molar-refractivity contribution in [2.75, 3.05) is 31.6 Å². The molecule has 1 saturated heterocycles. The largest absolute Gasteiger partial charge is 0.508 e. The molecule has 0 unspecified atom stereocenters. The van der Waals surface area contributed by atoms with Gasteiger partial charge in [0.25, 0.3) is 0 Å². The number of nitrogens with zero attached hydrogens (tertiary/aromatic N) is 5. The van der Waals surface area contributed by atoms with Gasteiger partial charge in [0, 0.05) is 42.5 Å². The van der Waals surface area contributed by atoms with Crippen LogP contribution in [-0.2, 0) is 0 Å². The van der Waals surface area contributed by atoms with Gasteiger partial charge >= 0.3 is 6.01 Å². The van der Waals surface area contributed by atoms with Crippen molar-refractivity contribution in [3.63, 3.8) is 0 Å². The number of piperazine rings is 1. The Morgan fingerprint density at radius 1 is 1.36 bits per heavy atom. The third-order valence-corrected chi connectivity index (χ3v) is 6.39. The van der Waals surface area contributed by atoms with Gasteiger partial charge in [0.1, 0.15) is 22.8 Å². The number of benzene rings is 1. The molecule has 0 spiro atoms. The number of phenols is 1. The normalized spacial score (nSPS) is 18.4. The number of aromatic nitrogens is 3. The van der Waals surface area contributed by atoms with Gasteiger partial charge in [-0.05, 0) is 36.5 Å². The Bertz CT molecular complexity index is 1280. The van der Waals surface area contributed by atoms with E-state index in [1.807, 2.05) is 4.90 Å². The topological polar surface area (TPSA) is 107 Å². The predicted octanol–water partition coefficient (Wildman–Crippen LogP) is 3.77. The zero-order chi connectivity index (χ0) is 23.1. The van der Waals surface area contributed by atoms with E-state index in [-0.39, 0.29) is 34.9 Å². The molecular weight excluding hydrogens is 447 g/mol. The van der Waals surface area contributed by atoms with Crippen molar-refractivity contribution in [2.24, 2.45) is 0 Å². The third-order valence-electron chi connectivity index (χ3n) is 6.07. The van der Waals surface area contributed by atoms with E-state index >= 15 is 4.39 Å². The molecule has 1 aromatic carbocycles. The summed E-state index contributed by atoms with van der Waals surface area (Å²) in [4.78, 5) is 15.2. The van der Waals surface area contributed by atoms with Crippen LogP contribution >= 0.6 is 11.6 Å². The highest BCUT2D eigenvalue weighted by molar-refractivity contribution is 6.32.